The molecule has 5 unspecified atom stereocenters. The Labute approximate surface area is 124 Å². The molecule has 0 aromatic heterocycles. The average Bonchev–Trinajstić information content (AvgIpc) is 2.99. The number of hydrogen-bond donors (Lipinski definition) is 0. The smallest absolute Gasteiger partial charge is 0.310 e. The van der Waals surface area contributed by atoms with Crippen LogP contribution < -0.4 is 0 Å². The van der Waals surface area contributed by atoms with Gasteiger partial charge in [0, 0.05) is 10.5 Å². The van der Waals surface area contributed by atoms with E-state index in [1.165, 1.54) is 32.1 Å². The first-order valence-electron chi connectivity index (χ1n) is 7.71. The highest BCUT2D eigenvalue weighted by atomic mass is 32.2. The molecule has 3 fully saturated rings. The van der Waals surface area contributed by atoms with Gasteiger partial charge in [0.1, 0.15) is 0 Å². The Morgan fingerprint density at radius 3 is 2.89 bits per heavy atom. The molecule has 3 rings (SSSR count). The van der Waals surface area contributed by atoms with Crippen LogP contribution in [0.2, 0.25) is 0 Å². The van der Waals surface area contributed by atoms with E-state index >= 15 is 0 Å². The fraction of sp³-hybridized carbons (Fsp3) is 0.933. The minimum absolute atomic E-state index is 0.0268. The molecular weight excluding hydrogens is 276 g/mol. The number of hydrogen-bond acceptors (Lipinski definition) is 4. The first kappa shape index (κ1) is 14.1. The largest absolute Gasteiger partial charge is 0.447 e. The molecule has 2 aliphatic carbocycles. The maximum Gasteiger partial charge on any atom is 0.310 e. The molecule has 108 valence electrons. The van der Waals surface area contributed by atoms with E-state index in [0.717, 1.165) is 23.3 Å². The van der Waals surface area contributed by atoms with Crippen molar-refractivity contribution in [2.24, 2.45) is 5.92 Å². The van der Waals surface area contributed by atoms with Gasteiger partial charge in [-0.05, 0) is 38.5 Å². The van der Waals surface area contributed by atoms with Crippen molar-refractivity contribution in [3.8, 4) is 0 Å². The van der Waals surface area contributed by atoms with Gasteiger partial charge in [0.2, 0.25) is 0 Å². The Morgan fingerprint density at radius 1 is 1.32 bits per heavy atom. The molecule has 0 spiro atoms. The van der Waals surface area contributed by atoms with Crippen molar-refractivity contribution in [1.29, 1.82) is 0 Å². The van der Waals surface area contributed by atoms with E-state index in [4.69, 9.17) is 4.74 Å². The molecular formula is C15H24O2S2. The molecule has 3 aliphatic rings. The Bertz CT molecular complexity index is 360. The number of fused-ring (bicyclic) bond motifs is 2. The predicted molar refractivity (Wildman–Crippen MR) is 82.5 cm³/mol. The van der Waals surface area contributed by atoms with Gasteiger partial charge in [-0.2, -0.15) is 0 Å². The van der Waals surface area contributed by atoms with E-state index in [9.17, 15) is 4.79 Å². The molecule has 0 bridgehead atoms. The van der Waals surface area contributed by atoms with Gasteiger partial charge in [0.25, 0.3) is 0 Å². The van der Waals surface area contributed by atoms with E-state index < -0.39 is 0 Å². The number of thioether (sulfide) groups is 2. The second kappa shape index (κ2) is 5.51. The molecule has 0 amide bonds. The zero-order chi connectivity index (χ0) is 13.5. The maximum absolute atomic E-state index is 12.2. The van der Waals surface area contributed by atoms with Crippen LogP contribution >= 0.6 is 23.5 Å². The van der Waals surface area contributed by atoms with Crippen LogP contribution in [0.3, 0.4) is 0 Å². The zero-order valence-electron chi connectivity index (χ0n) is 11.9. The summed E-state index contributed by atoms with van der Waals surface area (Å²) in [5.74, 6) is 0.0708. The minimum atomic E-state index is -0.184. The molecule has 1 heterocycles. The highest BCUT2D eigenvalue weighted by Gasteiger charge is 2.55. The van der Waals surface area contributed by atoms with E-state index in [1.54, 1.807) is 0 Å². The van der Waals surface area contributed by atoms with Gasteiger partial charge in [-0.15, -0.1) is 23.5 Å². The second-order valence-electron chi connectivity index (χ2n) is 6.18. The lowest BCUT2D eigenvalue weighted by molar-refractivity contribution is -0.155. The molecule has 1 saturated heterocycles. The van der Waals surface area contributed by atoms with E-state index in [-0.39, 0.29) is 16.8 Å². The molecule has 4 heteroatoms. The van der Waals surface area contributed by atoms with Crippen LogP contribution in [-0.4, -0.2) is 26.7 Å². The molecule has 0 radical (unpaired) electrons. The van der Waals surface area contributed by atoms with E-state index in [0.29, 0.717) is 5.25 Å². The summed E-state index contributed by atoms with van der Waals surface area (Å²) in [7, 11) is 0. The topological polar surface area (TPSA) is 26.3 Å². The normalized spacial score (nSPS) is 42.5. The summed E-state index contributed by atoms with van der Waals surface area (Å²) >= 11 is 4.15. The van der Waals surface area contributed by atoms with Crippen LogP contribution in [0.4, 0.5) is 0 Å². The Balaban J connectivity index is 1.74. The second-order valence-corrected chi connectivity index (χ2v) is 9.16. The van der Waals surface area contributed by atoms with Crippen LogP contribution in [-0.2, 0) is 9.53 Å². The first-order valence-corrected chi connectivity index (χ1v) is 9.53. The van der Waals surface area contributed by atoms with Crippen LogP contribution in [0.5, 0.6) is 0 Å². The van der Waals surface area contributed by atoms with Gasteiger partial charge in [-0.25, -0.2) is 0 Å². The number of ether oxygens (including phenoxy) is 1. The molecule has 19 heavy (non-hydrogen) atoms. The van der Waals surface area contributed by atoms with Gasteiger partial charge in [-0.3, -0.25) is 4.79 Å². The third-order valence-electron chi connectivity index (χ3n) is 4.85. The minimum Gasteiger partial charge on any atom is -0.447 e. The third kappa shape index (κ3) is 2.55. The molecule has 1 aliphatic heterocycles. The summed E-state index contributed by atoms with van der Waals surface area (Å²) in [5.41, 5.74) is 0. The van der Waals surface area contributed by atoms with Crippen molar-refractivity contribution < 1.29 is 9.53 Å². The lowest BCUT2D eigenvalue weighted by atomic mass is 10.1. The molecule has 2 saturated carbocycles. The summed E-state index contributed by atoms with van der Waals surface area (Å²) in [6.07, 6.45) is 8.44. The van der Waals surface area contributed by atoms with Crippen molar-refractivity contribution in [3.63, 3.8) is 0 Å². The Morgan fingerprint density at radius 2 is 2.11 bits per heavy atom. The molecule has 0 N–H and O–H groups in total. The van der Waals surface area contributed by atoms with Gasteiger partial charge in [0.15, 0.2) is 4.93 Å². The SMILES string of the molecule is CCC(C)C(=O)OC12CCCC1SC1CCCC1S2. The Hall–Kier alpha value is 0.170. The molecule has 2 nitrogen and oxygen atoms in total. The summed E-state index contributed by atoms with van der Waals surface area (Å²) in [4.78, 5) is 12.0. The number of esters is 1. The Kier molecular flexibility index (Phi) is 4.10. The summed E-state index contributed by atoms with van der Waals surface area (Å²) in [6.45, 7) is 4.05. The molecule has 0 aromatic carbocycles. The monoisotopic (exact) mass is 300 g/mol. The number of rotatable bonds is 3. The van der Waals surface area contributed by atoms with Crippen LogP contribution in [0, 0.1) is 5.92 Å². The predicted octanol–water partition coefficient (Wildman–Crippen LogP) is 4.23. The fourth-order valence-corrected chi connectivity index (χ4v) is 7.60. The fourth-order valence-electron chi connectivity index (χ4n) is 3.45. The average molecular weight is 300 g/mol. The zero-order valence-corrected chi connectivity index (χ0v) is 13.5. The van der Waals surface area contributed by atoms with Crippen LogP contribution in [0.15, 0.2) is 0 Å². The lowest BCUT2D eigenvalue weighted by Gasteiger charge is -2.43. The highest BCUT2D eigenvalue weighted by Crippen LogP contribution is 2.59. The highest BCUT2D eigenvalue weighted by molar-refractivity contribution is 8.08. The van der Waals surface area contributed by atoms with Gasteiger partial charge < -0.3 is 4.74 Å². The maximum atomic E-state index is 12.2. The van der Waals surface area contributed by atoms with Crippen molar-refractivity contribution >= 4 is 29.5 Å². The first-order chi connectivity index (χ1) is 9.14. The lowest BCUT2D eigenvalue weighted by Crippen LogP contribution is -2.45. The van der Waals surface area contributed by atoms with E-state index in [1.807, 2.05) is 18.7 Å². The van der Waals surface area contributed by atoms with Crippen molar-refractivity contribution in [3.05, 3.63) is 0 Å². The van der Waals surface area contributed by atoms with Crippen LogP contribution in [0.1, 0.15) is 58.8 Å². The summed E-state index contributed by atoms with van der Waals surface area (Å²) in [6, 6.07) is 0. The van der Waals surface area contributed by atoms with Gasteiger partial charge in [-0.1, -0.05) is 20.3 Å². The quantitative estimate of drug-likeness (QED) is 0.729. The molecule has 5 atom stereocenters. The van der Waals surface area contributed by atoms with Gasteiger partial charge >= 0.3 is 5.97 Å². The summed E-state index contributed by atoms with van der Waals surface area (Å²) in [5, 5.41) is 2.09. The standard InChI is InChI=1S/C15H24O2S2/c1-3-10(2)14(16)17-15-9-5-8-13(15)18-11-6-4-7-12(11)19-15/h10-13H,3-9H2,1-2H3. The van der Waals surface area contributed by atoms with Crippen molar-refractivity contribution in [2.45, 2.75) is 79.5 Å². The molecule has 0 aromatic rings. The number of carbonyl (C=O) groups excluding carboxylic acids is 1. The van der Waals surface area contributed by atoms with Crippen molar-refractivity contribution in [1.82, 2.24) is 0 Å². The number of carbonyl (C=O) groups is 1. The van der Waals surface area contributed by atoms with Crippen LogP contribution in [0.25, 0.3) is 0 Å². The van der Waals surface area contributed by atoms with Gasteiger partial charge in [0.05, 0.1) is 11.2 Å². The summed E-state index contributed by atoms with van der Waals surface area (Å²) < 4.78 is 6.07. The van der Waals surface area contributed by atoms with Crippen molar-refractivity contribution in [2.75, 3.05) is 0 Å². The third-order valence-corrected chi connectivity index (χ3v) is 8.87. The van der Waals surface area contributed by atoms with E-state index in [2.05, 4.69) is 18.7 Å².